The van der Waals surface area contributed by atoms with Crippen LogP contribution < -0.4 is 5.32 Å². The molecular formula is C12H7Br2ClN2O. The normalized spacial score (nSPS) is 10.2. The van der Waals surface area contributed by atoms with Crippen molar-refractivity contribution in [1.29, 1.82) is 0 Å². The highest BCUT2D eigenvalue weighted by Crippen LogP contribution is 2.26. The number of rotatable bonds is 2. The summed E-state index contributed by atoms with van der Waals surface area (Å²) in [5.74, 6) is -0.301. The number of nitrogens with one attached hydrogen (secondary N) is 1. The molecule has 6 heteroatoms. The van der Waals surface area contributed by atoms with Crippen LogP contribution >= 0.6 is 43.5 Å². The van der Waals surface area contributed by atoms with Crippen molar-refractivity contribution in [2.45, 2.75) is 0 Å². The molecule has 1 aromatic heterocycles. The molecule has 0 aliphatic heterocycles. The highest BCUT2D eigenvalue weighted by molar-refractivity contribution is 9.11. The van der Waals surface area contributed by atoms with E-state index in [1.807, 2.05) is 0 Å². The SMILES string of the molecule is O=C(Nc1cc(Cl)ccc1Br)c1ncccc1Br. The lowest BCUT2D eigenvalue weighted by atomic mass is 10.3. The predicted octanol–water partition coefficient (Wildman–Crippen LogP) is 4.51. The Morgan fingerprint density at radius 3 is 2.72 bits per heavy atom. The fraction of sp³-hybridized carbons (Fsp3) is 0. The first-order valence-electron chi connectivity index (χ1n) is 4.95. The van der Waals surface area contributed by atoms with E-state index < -0.39 is 0 Å². The number of hydrogen-bond donors (Lipinski definition) is 1. The number of anilines is 1. The zero-order valence-corrected chi connectivity index (χ0v) is 12.9. The van der Waals surface area contributed by atoms with E-state index in [-0.39, 0.29) is 5.91 Å². The molecule has 0 radical (unpaired) electrons. The van der Waals surface area contributed by atoms with Crippen molar-refractivity contribution in [3.05, 3.63) is 56.2 Å². The maximum Gasteiger partial charge on any atom is 0.275 e. The third kappa shape index (κ3) is 3.10. The lowest BCUT2D eigenvalue weighted by molar-refractivity contribution is 0.102. The minimum atomic E-state index is -0.301. The quantitative estimate of drug-likeness (QED) is 0.820. The van der Waals surface area contributed by atoms with Gasteiger partial charge in [0, 0.05) is 20.2 Å². The molecule has 0 saturated carbocycles. The van der Waals surface area contributed by atoms with Crippen LogP contribution in [-0.4, -0.2) is 10.9 Å². The van der Waals surface area contributed by atoms with Crippen molar-refractivity contribution in [3.63, 3.8) is 0 Å². The molecule has 1 N–H and O–H groups in total. The van der Waals surface area contributed by atoms with Crippen molar-refractivity contribution in [2.24, 2.45) is 0 Å². The van der Waals surface area contributed by atoms with Gasteiger partial charge in [-0.05, 0) is 62.2 Å². The summed E-state index contributed by atoms with van der Waals surface area (Å²) in [5.41, 5.74) is 0.925. The average molecular weight is 390 g/mol. The zero-order valence-electron chi connectivity index (χ0n) is 8.95. The van der Waals surface area contributed by atoms with Crippen molar-refractivity contribution in [2.75, 3.05) is 5.32 Å². The second-order valence-corrected chi connectivity index (χ2v) is 5.56. The smallest absolute Gasteiger partial charge is 0.275 e. The molecular weight excluding hydrogens is 383 g/mol. The van der Waals surface area contributed by atoms with Crippen LogP contribution in [0.1, 0.15) is 10.5 Å². The number of benzene rings is 1. The van der Waals surface area contributed by atoms with Crippen LogP contribution in [0.2, 0.25) is 5.02 Å². The Hall–Kier alpha value is -0.910. The van der Waals surface area contributed by atoms with Crippen molar-refractivity contribution >= 4 is 55.1 Å². The summed E-state index contributed by atoms with van der Waals surface area (Å²) in [7, 11) is 0. The number of nitrogens with zero attached hydrogens (tertiary/aromatic N) is 1. The number of halogens is 3. The minimum absolute atomic E-state index is 0.301. The van der Waals surface area contributed by atoms with Crippen LogP contribution in [0.4, 0.5) is 5.69 Å². The molecule has 92 valence electrons. The highest BCUT2D eigenvalue weighted by Gasteiger charge is 2.12. The van der Waals surface area contributed by atoms with Crippen LogP contribution in [0.15, 0.2) is 45.5 Å². The van der Waals surface area contributed by atoms with E-state index in [2.05, 4.69) is 42.2 Å². The van der Waals surface area contributed by atoms with E-state index in [0.717, 1.165) is 4.47 Å². The van der Waals surface area contributed by atoms with E-state index in [1.165, 1.54) is 0 Å². The van der Waals surface area contributed by atoms with Crippen LogP contribution in [0.3, 0.4) is 0 Å². The third-order valence-electron chi connectivity index (χ3n) is 2.15. The van der Waals surface area contributed by atoms with Gasteiger partial charge in [0.05, 0.1) is 5.69 Å². The molecule has 3 nitrogen and oxygen atoms in total. The number of carbonyl (C=O) groups is 1. The van der Waals surface area contributed by atoms with Crippen LogP contribution in [0.5, 0.6) is 0 Å². The van der Waals surface area contributed by atoms with Gasteiger partial charge in [-0.1, -0.05) is 11.6 Å². The zero-order chi connectivity index (χ0) is 13.1. The van der Waals surface area contributed by atoms with Crippen LogP contribution in [0.25, 0.3) is 0 Å². The van der Waals surface area contributed by atoms with E-state index >= 15 is 0 Å². The minimum Gasteiger partial charge on any atom is -0.320 e. The second-order valence-electron chi connectivity index (χ2n) is 3.41. The van der Waals surface area contributed by atoms with Gasteiger partial charge in [0.2, 0.25) is 0 Å². The molecule has 2 rings (SSSR count). The van der Waals surface area contributed by atoms with Gasteiger partial charge < -0.3 is 5.32 Å². The number of hydrogen-bond acceptors (Lipinski definition) is 2. The number of amides is 1. The number of pyridine rings is 1. The molecule has 0 aliphatic rings. The van der Waals surface area contributed by atoms with Crippen LogP contribution in [0, 0.1) is 0 Å². The number of aromatic nitrogens is 1. The topological polar surface area (TPSA) is 42.0 Å². The van der Waals surface area contributed by atoms with Crippen molar-refractivity contribution in [1.82, 2.24) is 4.98 Å². The first-order valence-corrected chi connectivity index (χ1v) is 6.91. The molecule has 1 amide bonds. The summed E-state index contributed by atoms with van der Waals surface area (Å²) in [5, 5.41) is 3.30. The molecule has 0 spiro atoms. The molecule has 2 aromatic rings. The van der Waals surface area contributed by atoms with E-state index in [4.69, 9.17) is 11.6 Å². The standard InChI is InChI=1S/C12H7Br2ClN2O/c13-8-4-3-7(15)6-10(8)17-12(18)11-9(14)2-1-5-16-11/h1-6H,(H,17,18). The Bertz CT molecular complexity index is 604. The molecule has 1 heterocycles. The molecule has 0 atom stereocenters. The van der Waals surface area contributed by atoms with E-state index in [1.54, 1.807) is 36.5 Å². The van der Waals surface area contributed by atoms with Crippen molar-refractivity contribution < 1.29 is 4.79 Å². The van der Waals surface area contributed by atoms with E-state index in [9.17, 15) is 4.79 Å². The maximum atomic E-state index is 12.0. The summed E-state index contributed by atoms with van der Waals surface area (Å²) in [4.78, 5) is 16.1. The predicted molar refractivity (Wildman–Crippen MR) is 79.0 cm³/mol. The first-order chi connectivity index (χ1) is 8.58. The lowest BCUT2D eigenvalue weighted by Gasteiger charge is -2.08. The monoisotopic (exact) mass is 388 g/mol. The second kappa shape index (κ2) is 5.82. The average Bonchev–Trinajstić information content (AvgIpc) is 2.34. The summed E-state index contributed by atoms with van der Waals surface area (Å²) >= 11 is 12.5. The molecule has 0 unspecified atom stereocenters. The van der Waals surface area contributed by atoms with Gasteiger partial charge in [-0.15, -0.1) is 0 Å². The van der Waals surface area contributed by atoms with Gasteiger partial charge in [0.15, 0.2) is 0 Å². The Labute approximate surface area is 126 Å². The Kier molecular flexibility index (Phi) is 4.37. The highest BCUT2D eigenvalue weighted by atomic mass is 79.9. The van der Waals surface area contributed by atoms with Crippen molar-refractivity contribution in [3.8, 4) is 0 Å². The van der Waals surface area contributed by atoms with Gasteiger partial charge in [0.1, 0.15) is 5.69 Å². The lowest BCUT2D eigenvalue weighted by Crippen LogP contribution is -2.14. The summed E-state index contributed by atoms with van der Waals surface area (Å²) in [6, 6.07) is 8.68. The molecule has 18 heavy (non-hydrogen) atoms. The fourth-order valence-corrected chi connectivity index (χ4v) is 2.28. The third-order valence-corrected chi connectivity index (χ3v) is 3.72. The molecule has 0 aliphatic carbocycles. The van der Waals surface area contributed by atoms with Gasteiger partial charge in [-0.3, -0.25) is 4.79 Å². The Morgan fingerprint density at radius 1 is 1.22 bits per heavy atom. The van der Waals surface area contributed by atoms with Gasteiger partial charge >= 0.3 is 0 Å². The summed E-state index contributed by atoms with van der Waals surface area (Å²) < 4.78 is 1.40. The van der Waals surface area contributed by atoms with Crippen LogP contribution in [-0.2, 0) is 0 Å². The molecule has 0 bridgehead atoms. The van der Waals surface area contributed by atoms with Gasteiger partial charge in [0.25, 0.3) is 5.91 Å². The largest absolute Gasteiger partial charge is 0.320 e. The van der Waals surface area contributed by atoms with Gasteiger partial charge in [-0.2, -0.15) is 0 Å². The molecule has 1 aromatic carbocycles. The number of carbonyl (C=O) groups excluding carboxylic acids is 1. The summed E-state index contributed by atoms with van der Waals surface area (Å²) in [6.45, 7) is 0. The maximum absolute atomic E-state index is 12.0. The summed E-state index contributed by atoms with van der Waals surface area (Å²) in [6.07, 6.45) is 1.56. The fourth-order valence-electron chi connectivity index (χ4n) is 1.33. The first kappa shape index (κ1) is 13.5. The Morgan fingerprint density at radius 2 is 2.00 bits per heavy atom. The van der Waals surface area contributed by atoms with E-state index in [0.29, 0.717) is 20.9 Å². The van der Waals surface area contributed by atoms with Gasteiger partial charge in [-0.25, -0.2) is 4.98 Å². The Balaban J connectivity index is 2.27. The molecule has 0 saturated heterocycles. The molecule has 0 fully saturated rings.